The molecule has 1 N–H and O–H groups in total. The Kier molecular flexibility index (Phi) is 4.64. The zero-order valence-corrected chi connectivity index (χ0v) is 15.2. The highest BCUT2D eigenvalue weighted by molar-refractivity contribution is 7.20. The molecule has 0 spiro atoms. The molecule has 142 valence electrons. The Bertz CT molecular complexity index is 1080. The van der Waals surface area contributed by atoms with Gasteiger partial charge in [0, 0.05) is 18.9 Å². The molecule has 4 rings (SSSR count). The van der Waals surface area contributed by atoms with E-state index in [0.717, 1.165) is 22.6 Å². The Morgan fingerprint density at radius 3 is 2.39 bits per heavy atom. The van der Waals surface area contributed by atoms with Crippen LogP contribution in [0.1, 0.15) is 21.6 Å². The lowest BCUT2D eigenvalue weighted by Crippen LogP contribution is -2.23. The van der Waals surface area contributed by atoms with Crippen molar-refractivity contribution in [3.8, 4) is 10.4 Å². The average molecular weight is 401 g/mol. The molecule has 0 aliphatic heterocycles. The molecule has 8 heteroatoms. The summed E-state index contributed by atoms with van der Waals surface area (Å²) in [4.78, 5) is 18.0. The van der Waals surface area contributed by atoms with E-state index in [2.05, 4.69) is 10.3 Å². The van der Waals surface area contributed by atoms with Gasteiger partial charge in [-0.3, -0.25) is 9.20 Å². The lowest BCUT2D eigenvalue weighted by Gasteiger charge is -2.06. The predicted octanol–water partition coefficient (Wildman–Crippen LogP) is 5.01. The highest BCUT2D eigenvalue weighted by atomic mass is 32.1. The fourth-order valence-corrected chi connectivity index (χ4v) is 3.70. The van der Waals surface area contributed by atoms with Gasteiger partial charge in [-0.05, 0) is 23.3 Å². The quantitative estimate of drug-likeness (QED) is 0.522. The first-order valence-corrected chi connectivity index (χ1v) is 9.20. The van der Waals surface area contributed by atoms with E-state index in [1.165, 1.54) is 23.5 Å². The monoisotopic (exact) mass is 401 g/mol. The Morgan fingerprint density at radius 2 is 1.75 bits per heavy atom. The second-order valence-corrected chi connectivity index (χ2v) is 7.16. The lowest BCUT2D eigenvalue weighted by molar-refractivity contribution is -0.137. The van der Waals surface area contributed by atoms with Gasteiger partial charge in [-0.1, -0.05) is 53.8 Å². The standard InChI is InChI=1S/C20H14F3N3OS/c21-20(22,23)15-8-6-14(7-9-15)17-12-26-11-16(25-19(26)28-17)18(27)24-10-13-4-2-1-3-5-13/h1-9,11-12H,10H2,(H,24,27). The van der Waals surface area contributed by atoms with Crippen LogP contribution in [-0.2, 0) is 12.7 Å². The normalized spacial score (nSPS) is 11.7. The molecule has 1 amide bonds. The van der Waals surface area contributed by atoms with Crippen LogP contribution in [0.4, 0.5) is 13.2 Å². The van der Waals surface area contributed by atoms with Crippen molar-refractivity contribution >= 4 is 22.2 Å². The highest BCUT2D eigenvalue weighted by Crippen LogP contribution is 2.33. The van der Waals surface area contributed by atoms with Gasteiger partial charge in [0.25, 0.3) is 5.91 Å². The maximum absolute atomic E-state index is 12.7. The van der Waals surface area contributed by atoms with Crippen molar-refractivity contribution < 1.29 is 18.0 Å². The van der Waals surface area contributed by atoms with E-state index in [-0.39, 0.29) is 5.91 Å². The summed E-state index contributed by atoms with van der Waals surface area (Å²) < 4.78 is 39.7. The number of thiazole rings is 1. The average Bonchev–Trinajstić information content (AvgIpc) is 3.26. The minimum Gasteiger partial charge on any atom is -0.347 e. The number of aromatic nitrogens is 2. The van der Waals surface area contributed by atoms with E-state index >= 15 is 0 Å². The number of nitrogens with one attached hydrogen (secondary N) is 1. The number of imidazole rings is 1. The first-order valence-electron chi connectivity index (χ1n) is 8.38. The summed E-state index contributed by atoms with van der Waals surface area (Å²) in [6, 6.07) is 14.5. The molecule has 4 nitrogen and oxygen atoms in total. The van der Waals surface area contributed by atoms with Gasteiger partial charge in [-0.15, -0.1) is 0 Å². The third-order valence-electron chi connectivity index (χ3n) is 4.18. The Labute approximate surface area is 162 Å². The molecule has 2 aromatic carbocycles. The van der Waals surface area contributed by atoms with Crippen LogP contribution in [0, 0.1) is 0 Å². The summed E-state index contributed by atoms with van der Waals surface area (Å²) >= 11 is 1.31. The maximum atomic E-state index is 12.7. The molecule has 0 radical (unpaired) electrons. The van der Waals surface area contributed by atoms with Crippen molar-refractivity contribution in [1.82, 2.24) is 14.7 Å². The van der Waals surface area contributed by atoms with Crippen molar-refractivity contribution in [2.24, 2.45) is 0 Å². The number of hydrogen-bond donors (Lipinski definition) is 1. The van der Waals surface area contributed by atoms with E-state index in [1.807, 2.05) is 30.3 Å². The number of benzene rings is 2. The Balaban J connectivity index is 1.49. The Hall–Kier alpha value is -3.13. The van der Waals surface area contributed by atoms with E-state index in [0.29, 0.717) is 22.8 Å². The van der Waals surface area contributed by atoms with Gasteiger partial charge in [0.1, 0.15) is 5.69 Å². The number of rotatable bonds is 4. The first kappa shape index (κ1) is 18.2. The molecular formula is C20H14F3N3OS. The van der Waals surface area contributed by atoms with E-state index in [9.17, 15) is 18.0 Å². The third kappa shape index (κ3) is 3.77. The summed E-state index contributed by atoms with van der Waals surface area (Å²) in [5.41, 5.74) is 1.26. The van der Waals surface area contributed by atoms with Crippen LogP contribution < -0.4 is 5.32 Å². The van der Waals surface area contributed by atoms with Gasteiger partial charge in [0.15, 0.2) is 4.96 Å². The van der Waals surface area contributed by atoms with Crippen molar-refractivity contribution in [3.05, 3.63) is 83.8 Å². The summed E-state index contributed by atoms with van der Waals surface area (Å²) in [5, 5.41) is 2.82. The number of carbonyl (C=O) groups is 1. The van der Waals surface area contributed by atoms with Crippen LogP contribution in [0.3, 0.4) is 0 Å². The number of alkyl halides is 3. The molecule has 0 aliphatic rings. The Morgan fingerprint density at radius 1 is 1.04 bits per heavy atom. The number of halogens is 3. The molecule has 0 atom stereocenters. The van der Waals surface area contributed by atoms with Gasteiger partial charge < -0.3 is 5.32 Å². The van der Waals surface area contributed by atoms with Crippen LogP contribution in [0.5, 0.6) is 0 Å². The zero-order valence-electron chi connectivity index (χ0n) is 14.4. The summed E-state index contributed by atoms with van der Waals surface area (Å²) in [6.07, 6.45) is -0.992. The molecule has 0 aliphatic carbocycles. The smallest absolute Gasteiger partial charge is 0.347 e. The number of amides is 1. The fourth-order valence-electron chi connectivity index (χ4n) is 2.73. The molecular weight excluding hydrogens is 387 g/mol. The zero-order chi connectivity index (χ0) is 19.7. The highest BCUT2D eigenvalue weighted by Gasteiger charge is 2.30. The molecule has 28 heavy (non-hydrogen) atoms. The SMILES string of the molecule is O=C(NCc1ccccc1)c1cn2cc(-c3ccc(C(F)(F)F)cc3)sc2n1. The second kappa shape index (κ2) is 7.12. The van der Waals surface area contributed by atoms with Crippen molar-refractivity contribution in [3.63, 3.8) is 0 Å². The molecule has 2 aromatic heterocycles. The number of nitrogens with zero attached hydrogens (tertiary/aromatic N) is 2. The van der Waals surface area contributed by atoms with Crippen LogP contribution in [0.15, 0.2) is 67.0 Å². The largest absolute Gasteiger partial charge is 0.416 e. The topological polar surface area (TPSA) is 46.4 Å². The summed E-state index contributed by atoms with van der Waals surface area (Å²) in [7, 11) is 0. The van der Waals surface area contributed by atoms with Crippen molar-refractivity contribution in [2.75, 3.05) is 0 Å². The van der Waals surface area contributed by atoms with Gasteiger partial charge in [0.2, 0.25) is 0 Å². The minimum absolute atomic E-state index is 0.282. The van der Waals surface area contributed by atoms with Crippen LogP contribution in [0.2, 0.25) is 0 Å². The fraction of sp³-hybridized carbons (Fsp3) is 0.100. The molecule has 4 aromatic rings. The van der Waals surface area contributed by atoms with Crippen LogP contribution in [0.25, 0.3) is 15.4 Å². The van der Waals surface area contributed by atoms with Crippen LogP contribution >= 0.6 is 11.3 Å². The summed E-state index contributed by atoms with van der Waals surface area (Å²) in [6.45, 7) is 0.404. The number of fused-ring (bicyclic) bond motifs is 1. The van der Waals surface area contributed by atoms with Gasteiger partial charge in [0.05, 0.1) is 10.4 Å². The molecule has 0 bridgehead atoms. The summed E-state index contributed by atoms with van der Waals surface area (Å²) in [5.74, 6) is -0.282. The minimum atomic E-state index is -4.36. The predicted molar refractivity (Wildman–Crippen MR) is 101 cm³/mol. The van der Waals surface area contributed by atoms with E-state index in [4.69, 9.17) is 0 Å². The molecule has 0 unspecified atom stereocenters. The lowest BCUT2D eigenvalue weighted by atomic mass is 10.1. The number of hydrogen-bond acceptors (Lipinski definition) is 3. The molecule has 0 saturated heterocycles. The first-order chi connectivity index (χ1) is 13.4. The van der Waals surface area contributed by atoms with Gasteiger partial charge in [-0.25, -0.2) is 4.98 Å². The van der Waals surface area contributed by atoms with Gasteiger partial charge in [-0.2, -0.15) is 13.2 Å². The maximum Gasteiger partial charge on any atom is 0.416 e. The van der Waals surface area contributed by atoms with Crippen LogP contribution in [-0.4, -0.2) is 15.3 Å². The van der Waals surface area contributed by atoms with E-state index < -0.39 is 11.7 Å². The number of carbonyl (C=O) groups excluding carboxylic acids is 1. The molecule has 0 saturated carbocycles. The molecule has 2 heterocycles. The van der Waals surface area contributed by atoms with Crippen molar-refractivity contribution in [2.45, 2.75) is 12.7 Å². The second-order valence-electron chi connectivity index (χ2n) is 6.15. The van der Waals surface area contributed by atoms with Crippen molar-refractivity contribution in [1.29, 1.82) is 0 Å². The third-order valence-corrected chi connectivity index (χ3v) is 5.23. The molecule has 0 fully saturated rings. The van der Waals surface area contributed by atoms with Gasteiger partial charge >= 0.3 is 6.18 Å². The van der Waals surface area contributed by atoms with E-state index in [1.54, 1.807) is 16.8 Å².